The highest BCUT2D eigenvalue weighted by Gasteiger charge is 2.27. The van der Waals surface area contributed by atoms with Crippen molar-refractivity contribution in [1.29, 1.82) is 0 Å². The molecule has 5 aromatic heterocycles. The van der Waals surface area contributed by atoms with Gasteiger partial charge in [0.05, 0.1) is 55.2 Å². The molecule has 0 saturated heterocycles. The van der Waals surface area contributed by atoms with Crippen molar-refractivity contribution in [3.63, 3.8) is 0 Å². The second kappa shape index (κ2) is 33.9. The molecule has 0 radical (unpaired) electrons. The first-order chi connectivity index (χ1) is 61.8. The van der Waals surface area contributed by atoms with Gasteiger partial charge in [0, 0.05) is 82.3 Å². The van der Waals surface area contributed by atoms with E-state index in [0.717, 1.165) is 0 Å². The first-order valence-corrected chi connectivity index (χ1v) is 56.4. The third-order valence-corrected chi connectivity index (χ3v) is 37.7. The zero-order valence-corrected chi connectivity index (χ0v) is 77.6. The highest BCUT2D eigenvalue weighted by atomic mass is 28.3. The van der Waals surface area contributed by atoms with E-state index in [1.54, 1.807) is 0 Å². The summed E-state index contributed by atoms with van der Waals surface area (Å²) in [4.78, 5) is 0. The zero-order chi connectivity index (χ0) is 87.3. The molecule has 9 heteroatoms. The van der Waals surface area contributed by atoms with Gasteiger partial charge < -0.3 is 22.8 Å². The molecule has 0 fully saturated rings. The van der Waals surface area contributed by atoms with E-state index < -0.39 is 32.3 Å². The van der Waals surface area contributed by atoms with Crippen LogP contribution < -0.4 is 20.7 Å². The molecule has 17 aromatic carbocycles. The summed E-state index contributed by atoms with van der Waals surface area (Å²) in [6, 6.07) is 148. The highest BCUT2D eigenvalue weighted by molar-refractivity contribution is 6.95. The monoisotopic (exact) mass is 1700 g/mol. The van der Waals surface area contributed by atoms with E-state index in [4.69, 9.17) is 0 Å². The molecule has 0 saturated carbocycles. The first kappa shape index (κ1) is 82.2. The normalized spacial score (nSPS) is 11.9. The van der Waals surface area contributed by atoms with E-state index >= 15 is 0 Å². The van der Waals surface area contributed by atoms with Crippen molar-refractivity contribution < 1.29 is 0 Å². The van der Waals surface area contributed by atoms with Crippen LogP contribution in [0.5, 0.6) is 0 Å². The molecule has 0 bridgehead atoms. The van der Waals surface area contributed by atoms with Gasteiger partial charge in [0.2, 0.25) is 0 Å². The van der Waals surface area contributed by atoms with Gasteiger partial charge in [-0.25, -0.2) is 0 Å². The Balaban J connectivity index is 0.000000112. The van der Waals surface area contributed by atoms with Gasteiger partial charge in [-0.15, -0.1) is 26.3 Å². The van der Waals surface area contributed by atoms with Gasteiger partial charge in [-0.2, -0.15) is 0 Å². The Labute approximate surface area is 749 Å². The molecule has 0 unspecified atom stereocenters. The molecule has 22 aromatic rings. The van der Waals surface area contributed by atoms with Crippen LogP contribution in [0.25, 0.3) is 171 Å². The number of hydrogen-bond acceptors (Lipinski definition) is 0. The average Bonchev–Trinajstić information content (AvgIpc) is 1.57. The number of rotatable bonds is 16. The fourth-order valence-corrected chi connectivity index (χ4v) is 23.4. The lowest BCUT2D eigenvalue weighted by molar-refractivity contribution is 1.14. The SMILES string of the molecule is C=C[Si](C)(C)c1cc(-n2c3ccccc3c3ccccc32)cc(-n2c3ccccc3c3ccccc32)c1.C=C[Si](C)(C)c1ccc(-c2ccc(-c3ccc(-n4c5ccccc5c5ccccc54)cc3)cc2)cc1.C=C[Si](C)(C)c1ccc(-c2ccc(-n3c4ccccc4c4ccccc43)cc2)cc1.C=C[Si](C)(C)c1ccc(-n2c3ccccc3c3ccccc32)cc1. The molecule has 127 heavy (non-hydrogen) atoms. The Morgan fingerprint density at radius 3 is 0.488 bits per heavy atom. The maximum atomic E-state index is 4.24. The minimum Gasteiger partial charge on any atom is -0.309 e. The number of para-hydroxylation sites is 10. The second-order valence-electron chi connectivity index (χ2n) is 35.7. The van der Waals surface area contributed by atoms with E-state index in [0.29, 0.717) is 0 Å². The predicted molar refractivity (Wildman–Crippen MR) is 563 cm³/mol. The molecule has 22 rings (SSSR count). The fourth-order valence-electron chi connectivity index (χ4n) is 18.4. The molecular weight excluding hydrogens is 1600 g/mol. The number of benzene rings is 17. The van der Waals surface area contributed by atoms with Gasteiger partial charge in [-0.05, 0) is 149 Å². The summed E-state index contributed by atoms with van der Waals surface area (Å²) >= 11 is 0. The van der Waals surface area contributed by atoms with E-state index in [2.05, 4.69) is 531 Å². The molecule has 0 aliphatic carbocycles. The molecule has 0 spiro atoms. The molecule has 5 nitrogen and oxygen atoms in total. The topological polar surface area (TPSA) is 24.6 Å². The Morgan fingerprint density at radius 2 is 0.299 bits per heavy atom. The van der Waals surface area contributed by atoms with Gasteiger partial charge in [0.15, 0.2) is 0 Å². The summed E-state index contributed by atoms with van der Waals surface area (Å²) < 4.78 is 11.9. The van der Waals surface area contributed by atoms with Crippen LogP contribution in [-0.4, -0.2) is 55.1 Å². The minimum absolute atomic E-state index is 1.18. The van der Waals surface area contributed by atoms with Crippen molar-refractivity contribution in [3.05, 3.63) is 456 Å². The van der Waals surface area contributed by atoms with E-state index in [9.17, 15) is 0 Å². The number of nitrogens with zero attached hydrogens (tertiary/aromatic N) is 5. The van der Waals surface area contributed by atoms with Crippen LogP contribution >= 0.6 is 0 Å². The lowest BCUT2D eigenvalue weighted by Gasteiger charge is -2.22. The van der Waals surface area contributed by atoms with Crippen molar-refractivity contribution in [3.8, 4) is 61.8 Å². The zero-order valence-electron chi connectivity index (χ0n) is 73.6. The third kappa shape index (κ3) is 15.3. The van der Waals surface area contributed by atoms with Crippen molar-refractivity contribution in [1.82, 2.24) is 22.8 Å². The molecule has 0 atom stereocenters. The molecule has 0 amide bonds. The lowest BCUT2D eigenvalue weighted by Crippen LogP contribution is -2.39. The van der Waals surface area contributed by atoms with Crippen molar-refractivity contribution in [2.45, 2.75) is 52.4 Å². The molecule has 0 aliphatic heterocycles. The van der Waals surface area contributed by atoms with Crippen molar-refractivity contribution in [2.75, 3.05) is 0 Å². The Hall–Kier alpha value is -14.4. The average molecular weight is 1700 g/mol. The predicted octanol–water partition coefficient (Wildman–Crippen LogP) is 29.8. The number of aromatic nitrogens is 5. The van der Waals surface area contributed by atoms with Gasteiger partial charge in [0.25, 0.3) is 0 Å². The van der Waals surface area contributed by atoms with Crippen molar-refractivity contribution in [2.24, 2.45) is 0 Å². The lowest BCUT2D eigenvalue weighted by atomic mass is 10.0. The van der Waals surface area contributed by atoms with E-state index in [1.165, 1.54) is 192 Å². The minimum atomic E-state index is -1.87. The Kier molecular flexibility index (Phi) is 21.9. The van der Waals surface area contributed by atoms with Gasteiger partial charge in [-0.3, -0.25) is 0 Å². The summed E-state index contributed by atoms with van der Waals surface area (Å²) in [7, 11) is -6.43. The standard InChI is InChI=1S/C34H28N2Si.C34H29NSi.C28H25NSi.C22H21NSi/c1-4-37(2,3)26-22-24(35-31-17-9-5-13-27(31)28-14-6-10-18-32(28)35)21-25(23-26)36-33-19-11-7-15-29(33)30-16-8-12-20-34(30)36;1-4-36(2,3)30-23-19-28(20-24-30)26-15-13-25(14-16-26)27-17-21-29(22-18-27)35-33-11-7-5-9-31(33)32-10-6-8-12-34(32)35;1-4-30(2,3)24-19-15-22(16-20-24)21-13-17-23(18-14-21)29-27-11-7-5-9-25(27)26-10-6-8-12-28(26)29;1-4-24(2,3)18-15-13-17(14-16-18)23-21-11-7-5-9-19(21)20-10-6-8-12-22(20)23/h4-23H,1H2,2-3H3;4-24H,1H2,2-3H3;4-20H,1H2,2-3H3;4-16H,1H2,2-3H3. The third-order valence-electron chi connectivity index (χ3n) is 26.4. The quantitative estimate of drug-likeness (QED) is 0.0862. The van der Waals surface area contributed by atoms with Crippen LogP contribution in [-0.2, 0) is 0 Å². The summed E-state index contributed by atoms with van der Waals surface area (Å²) in [6.07, 6.45) is 0. The Morgan fingerprint density at radius 1 is 0.157 bits per heavy atom. The smallest absolute Gasteiger partial charge is 0.103 e. The maximum Gasteiger partial charge on any atom is 0.103 e. The summed E-state index contributed by atoms with van der Waals surface area (Å²) in [5, 5.41) is 18.5. The number of fused-ring (bicyclic) bond motifs is 15. The summed E-state index contributed by atoms with van der Waals surface area (Å²) in [5.41, 5.74) is 34.4. The second-order valence-corrected chi connectivity index (χ2v) is 53.4. The van der Waals surface area contributed by atoms with Gasteiger partial charge in [0.1, 0.15) is 32.3 Å². The fraction of sp³-hybridized carbons (Fsp3) is 0.0678. The van der Waals surface area contributed by atoms with E-state index in [-0.39, 0.29) is 0 Å². The van der Waals surface area contributed by atoms with Crippen LogP contribution in [0, 0.1) is 0 Å². The highest BCUT2D eigenvalue weighted by Crippen LogP contribution is 2.40. The van der Waals surface area contributed by atoms with Crippen LogP contribution in [0.2, 0.25) is 52.4 Å². The first-order valence-electron chi connectivity index (χ1n) is 44.1. The van der Waals surface area contributed by atoms with Crippen molar-refractivity contribution >= 4 is 162 Å². The summed E-state index contributed by atoms with van der Waals surface area (Å²) in [5.74, 6) is 0. The Bertz CT molecular complexity index is 7530. The van der Waals surface area contributed by atoms with Gasteiger partial charge in [-0.1, -0.05) is 387 Å². The molecule has 0 aliphatic rings. The van der Waals surface area contributed by atoms with Crippen LogP contribution in [0.3, 0.4) is 0 Å². The van der Waals surface area contributed by atoms with Crippen LogP contribution in [0.4, 0.5) is 0 Å². The van der Waals surface area contributed by atoms with Crippen LogP contribution in [0.1, 0.15) is 0 Å². The maximum absolute atomic E-state index is 4.24. The largest absolute Gasteiger partial charge is 0.309 e. The number of hydrogen-bond donors (Lipinski definition) is 0. The van der Waals surface area contributed by atoms with Crippen LogP contribution in [0.15, 0.2) is 456 Å². The molecule has 616 valence electrons. The molecule has 5 heterocycles. The summed E-state index contributed by atoms with van der Waals surface area (Å²) in [6.45, 7) is 35.0. The van der Waals surface area contributed by atoms with E-state index in [1.807, 2.05) is 0 Å². The van der Waals surface area contributed by atoms with Gasteiger partial charge >= 0.3 is 0 Å². The molecule has 0 N–H and O–H groups in total. The molecular formula is C118H103N5Si4.